The highest BCUT2D eigenvalue weighted by molar-refractivity contribution is 5.76. The molecule has 1 aromatic rings. The van der Waals surface area contributed by atoms with Crippen molar-refractivity contribution in [2.24, 2.45) is 0 Å². The van der Waals surface area contributed by atoms with Crippen LogP contribution < -0.4 is 10.6 Å². The number of hydrogen-bond donors (Lipinski definition) is 4. The third-order valence-electron chi connectivity index (χ3n) is 2.29. The summed E-state index contributed by atoms with van der Waals surface area (Å²) in [5.74, 6) is -1.38. The molecule has 2 amide bonds. The summed E-state index contributed by atoms with van der Waals surface area (Å²) in [4.78, 5) is 25.6. The average Bonchev–Trinajstić information content (AvgIpc) is 2.36. The Morgan fingerprint density at radius 3 is 2.56 bits per heavy atom. The second-order valence-corrected chi connectivity index (χ2v) is 3.71. The molecule has 0 fully saturated rings. The SMILES string of the molecule is CC(NC(=O)NC[C@H](O)C(=O)O)c1ccncc1. The minimum Gasteiger partial charge on any atom is -0.479 e. The van der Waals surface area contributed by atoms with Gasteiger partial charge in [0.05, 0.1) is 12.6 Å². The van der Waals surface area contributed by atoms with Gasteiger partial charge >= 0.3 is 12.0 Å². The van der Waals surface area contributed by atoms with Crippen LogP contribution in [-0.2, 0) is 4.79 Å². The summed E-state index contributed by atoms with van der Waals surface area (Å²) in [6.45, 7) is 1.44. The number of rotatable bonds is 5. The number of carbonyl (C=O) groups excluding carboxylic acids is 1. The lowest BCUT2D eigenvalue weighted by Gasteiger charge is -2.15. The van der Waals surface area contributed by atoms with Gasteiger partial charge < -0.3 is 20.8 Å². The molecule has 0 aliphatic rings. The van der Waals surface area contributed by atoms with Crippen LogP contribution in [0.3, 0.4) is 0 Å². The molecule has 0 spiro atoms. The zero-order valence-electron chi connectivity index (χ0n) is 9.83. The maximum absolute atomic E-state index is 11.4. The van der Waals surface area contributed by atoms with E-state index in [1.165, 1.54) is 0 Å². The predicted octanol–water partition coefficient (Wildman–Crippen LogP) is -0.113. The standard InChI is InChI=1S/C11H15N3O4/c1-7(8-2-4-12-5-3-8)14-11(18)13-6-9(15)10(16)17/h2-5,7,9,15H,6H2,1H3,(H,16,17)(H2,13,14,18)/t7?,9-/m0/s1. The topological polar surface area (TPSA) is 112 Å². The fraction of sp³-hybridized carbons (Fsp3) is 0.364. The van der Waals surface area contributed by atoms with Gasteiger partial charge in [-0.1, -0.05) is 0 Å². The zero-order chi connectivity index (χ0) is 13.5. The molecule has 7 heteroatoms. The van der Waals surface area contributed by atoms with E-state index >= 15 is 0 Å². The molecule has 1 rings (SSSR count). The minimum absolute atomic E-state index is 0.241. The number of aliphatic hydroxyl groups excluding tert-OH is 1. The van der Waals surface area contributed by atoms with E-state index in [-0.39, 0.29) is 12.6 Å². The number of carbonyl (C=O) groups is 2. The molecule has 0 saturated carbocycles. The second kappa shape index (κ2) is 6.55. The van der Waals surface area contributed by atoms with Crippen molar-refractivity contribution in [3.63, 3.8) is 0 Å². The van der Waals surface area contributed by atoms with E-state index in [4.69, 9.17) is 10.2 Å². The largest absolute Gasteiger partial charge is 0.479 e. The van der Waals surface area contributed by atoms with Crippen molar-refractivity contribution in [1.82, 2.24) is 15.6 Å². The highest BCUT2D eigenvalue weighted by Gasteiger charge is 2.15. The molecule has 0 radical (unpaired) electrons. The van der Waals surface area contributed by atoms with Crippen LogP contribution in [0.25, 0.3) is 0 Å². The number of nitrogens with one attached hydrogen (secondary N) is 2. The van der Waals surface area contributed by atoms with Crippen LogP contribution in [0.5, 0.6) is 0 Å². The third-order valence-corrected chi connectivity index (χ3v) is 2.29. The van der Waals surface area contributed by atoms with E-state index in [2.05, 4.69) is 15.6 Å². The third kappa shape index (κ3) is 4.38. The number of pyridine rings is 1. The Bertz CT molecular complexity index is 410. The molecule has 98 valence electrons. The van der Waals surface area contributed by atoms with E-state index < -0.39 is 18.1 Å². The fourth-order valence-electron chi connectivity index (χ4n) is 1.26. The quantitative estimate of drug-likeness (QED) is 0.585. The van der Waals surface area contributed by atoms with Crippen LogP contribution in [0.2, 0.25) is 0 Å². The molecule has 1 aromatic heterocycles. The summed E-state index contributed by atoms with van der Waals surface area (Å²) in [5.41, 5.74) is 0.874. The molecule has 4 N–H and O–H groups in total. The molecular formula is C11H15N3O4. The minimum atomic E-state index is -1.60. The highest BCUT2D eigenvalue weighted by Crippen LogP contribution is 2.09. The smallest absolute Gasteiger partial charge is 0.334 e. The molecule has 0 aliphatic heterocycles. The number of nitrogens with zero attached hydrogens (tertiary/aromatic N) is 1. The van der Waals surface area contributed by atoms with Gasteiger partial charge in [0.2, 0.25) is 0 Å². The monoisotopic (exact) mass is 253 g/mol. The van der Waals surface area contributed by atoms with Gasteiger partial charge in [0.25, 0.3) is 0 Å². The van der Waals surface area contributed by atoms with E-state index in [1.807, 2.05) is 0 Å². The normalized spacial score (nSPS) is 13.4. The van der Waals surface area contributed by atoms with Crippen molar-refractivity contribution in [3.05, 3.63) is 30.1 Å². The number of carboxylic acid groups (broad SMARTS) is 1. The predicted molar refractivity (Wildman–Crippen MR) is 62.8 cm³/mol. The van der Waals surface area contributed by atoms with Crippen molar-refractivity contribution in [2.75, 3.05) is 6.54 Å². The van der Waals surface area contributed by atoms with Gasteiger partial charge in [0.1, 0.15) is 0 Å². The summed E-state index contributed by atoms with van der Waals surface area (Å²) >= 11 is 0. The van der Waals surface area contributed by atoms with Gasteiger partial charge in [-0.3, -0.25) is 4.98 Å². The van der Waals surface area contributed by atoms with Gasteiger partial charge in [0, 0.05) is 12.4 Å². The average molecular weight is 253 g/mol. The lowest BCUT2D eigenvalue weighted by Crippen LogP contribution is -2.42. The number of amides is 2. The molecule has 7 nitrogen and oxygen atoms in total. The maximum atomic E-state index is 11.4. The maximum Gasteiger partial charge on any atom is 0.334 e. The highest BCUT2D eigenvalue weighted by atomic mass is 16.4. The van der Waals surface area contributed by atoms with Gasteiger partial charge in [0.15, 0.2) is 6.10 Å². The first-order chi connectivity index (χ1) is 8.50. The molecule has 0 bridgehead atoms. The van der Waals surface area contributed by atoms with Gasteiger partial charge in [-0.05, 0) is 24.6 Å². The van der Waals surface area contributed by atoms with Crippen molar-refractivity contribution in [3.8, 4) is 0 Å². The summed E-state index contributed by atoms with van der Waals surface area (Å²) < 4.78 is 0. The summed E-state index contributed by atoms with van der Waals surface area (Å²) in [6, 6.07) is 2.74. The lowest BCUT2D eigenvalue weighted by atomic mass is 10.1. The number of aromatic nitrogens is 1. The van der Waals surface area contributed by atoms with Crippen LogP contribution in [0.4, 0.5) is 4.79 Å². The van der Waals surface area contributed by atoms with Gasteiger partial charge in [-0.15, -0.1) is 0 Å². The van der Waals surface area contributed by atoms with E-state index in [0.717, 1.165) is 5.56 Å². The molecule has 1 unspecified atom stereocenters. The Balaban J connectivity index is 2.39. The molecule has 0 aromatic carbocycles. The Labute approximate surface area is 104 Å². The Morgan fingerprint density at radius 2 is 2.00 bits per heavy atom. The molecule has 1 heterocycles. The first-order valence-electron chi connectivity index (χ1n) is 5.36. The van der Waals surface area contributed by atoms with Crippen LogP contribution in [0, 0.1) is 0 Å². The number of carboxylic acids is 1. The summed E-state index contributed by atoms with van der Waals surface area (Å²) in [7, 11) is 0. The molecule has 0 aliphatic carbocycles. The van der Waals surface area contributed by atoms with Crippen molar-refractivity contribution in [1.29, 1.82) is 0 Å². The number of hydrogen-bond acceptors (Lipinski definition) is 4. The van der Waals surface area contributed by atoms with Crippen molar-refractivity contribution >= 4 is 12.0 Å². The number of urea groups is 1. The Hall–Kier alpha value is -2.15. The van der Waals surface area contributed by atoms with Crippen LogP contribution >= 0.6 is 0 Å². The van der Waals surface area contributed by atoms with Crippen LogP contribution in [0.15, 0.2) is 24.5 Å². The van der Waals surface area contributed by atoms with Gasteiger partial charge in [-0.25, -0.2) is 9.59 Å². The van der Waals surface area contributed by atoms with E-state index in [1.54, 1.807) is 31.5 Å². The van der Waals surface area contributed by atoms with E-state index in [9.17, 15) is 9.59 Å². The lowest BCUT2D eigenvalue weighted by molar-refractivity contribution is -0.146. The van der Waals surface area contributed by atoms with Crippen LogP contribution in [0.1, 0.15) is 18.5 Å². The van der Waals surface area contributed by atoms with E-state index in [0.29, 0.717) is 0 Å². The zero-order valence-corrected chi connectivity index (χ0v) is 9.83. The first kappa shape index (κ1) is 13.9. The summed E-state index contributed by atoms with van der Waals surface area (Å²) in [6.07, 6.45) is 1.62. The van der Waals surface area contributed by atoms with Crippen molar-refractivity contribution in [2.45, 2.75) is 19.1 Å². The first-order valence-corrected chi connectivity index (χ1v) is 5.36. The Kier molecular flexibility index (Phi) is 5.06. The molecular weight excluding hydrogens is 238 g/mol. The van der Waals surface area contributed by atoms with Crippen LogP contribution in [-0.4, -0.2) is 39.8 Å². The molecule has 0 saturated heterocycles. The molecule has 18 heavy (non-hydrogen) atoms. The van der Waals surface area contributed by atoms with Gasteiger partial charge in [-0.2, -0.15) is 0 Å². The second-order valence-electron chi connectivity index (χ2n) is 3.71. The fourth-order valence-corrected chi connectivity index (χ4v) is 1.26. The summed E-state index contributed by atoms with van der Waals surface area (Å²) in [5, 5.41) is 22.3. The Morgan fingerprint density at radius 1 is 1.39 bits per heavy atom. The molecule has 2 atom stereocenters. The number of aliphatic hydroxyl groups is 1. The van der Waals surface area contributed by atoms with Crippen molar-refractivity contribution < 1.29 is 19.8 Å². The number of aliphatic carboxylic acids is 1.